The van der Waals surface area contributed by atoms with Gasteiger partial charge in [-0.05, 0) is 30.2 Å². The van der Waals surface area contributed by atoms with Gasteiger partial charge in [0.1, 0.15) is 17.4 Å². The zero-order valence-corrected chi connectivity index (χ0v) is 12.4. The van der Waals surface area contributed by atoms with E-state index in [1.807, 2.05) is 6.92 Å². The maximum atomic E-state index is 14.0. The molecule has 0 saturated heterocycles. The third-order valence-electron chi connectivity index (χ3n) is 2.90. The summed E-state index contributed by atoms with van der Waals surface area (Å²) in [4.78, 5) is 0. The van der Waals surface area contributed by atoms with Crippen molar-refractivity contribution in [2.45, 2.75) is 12.3 Å². The van der Waals surface area contributed by atoms with Gasteiger partial charge in [0.2, 0.25) is 0 Å². The number of halogens is 4. The van der Waals surface area contributed by atoms with Gasteiger partial charge in [0, 0.05) is 22.7 Å². The first kappa shape index (κ1) is 15.1. The zero-order valence-electron chi connectivity index (χ0n) is 10.9. The second-order valence-corrected chi connectivity index (χ2v) is 5.30. The van der Waals surface area contributed by atoms with Gasteiger partial charge in [-0.1, -0.05) is 17.7 Å². The van der Waals surface area contributed by atoms with E-state index in [2.05, 4.69) is 0 Å². The third kappa shape index (κ3) is 3.05. The molecule has 5 heteroatoms. The molecule has 0 fully saturated rings. The van der Waals surface area contributed by atoms with Gasteiger partial charge in [-0.15, -0.1) is 11.6 Å². The lowest BCUT2D eigenvalue weighted by Gasteiger charge is -2.14. The third-order valence-corrected chi connectivity index (χ3v) is 3.59. The van der Waals surface area contributed by atoms with Gasteiger partial charge in [0.05, 0.1) is 12.5 Å². The first-order valence-corrected chi connectivity index (χ1v) is 6.68. The Hall–Kier alpha value is -1.32. The Morgan fingerprint density at radius 3 is 2.15 bits per heavy atom. The molecule has 0 amide bonds. The van der Waals surface area contributed by atoms with E-state index < -0.39 is 17.0 Å². The maximum absolute atomic E-state index is 14.0. The molecular formula is C15H12Cl2F2O. The highest BCUT2D eigenvalue weighted by molar-refractivity contribution is 6.31. The number of hydrogen-bond donors (Lipinski definition) is 0. The van der Waals surface area contributed by atoms with Crippen LogP contribution in [0.3, 0.4) is 0 Å². The van der Waals surface area contributed by atoms with Gasteiger partial charge in [-0.2, -0.15) is 0 Å². The largest absolute Gasteiger partial charge is 0.497 e. The average Bonchev–Trinajstić information content (AvgIpc) is 2.36. The van der Waals surface area contributed by atoms with E-state index in [0.717, 1.165) is 17.7 Å². The predicted molar refractivity (Wildman–Crippen MR) is 76.8 cm³/mol. The van der Waals surface area contributed by atoms with Gasteiger partial charge in [-0.3, -0.25) is 0 Å². The second-order valence-electron chi connectivity index (χ2n) is 4.43. The number of benzene rings is 2. The SMILES string of the molecule is COc1cc(F)c(C(Cl)c2cc(C)cc(Cl)c2)c(F)c1. The Morgan fingerprint density at radius 1 is 1.05 bits per heavy atom. The Balaban J connectivity index is 2.50. The number of ether oxygens (including phenoxy) is 1. The predicted octanol–water partition coefficient (Wildman–Crippen LogP) is 5.26. The van der Waals surface area contributed by atoms with E-state index in [1.165, 1.54) is 7.11 Å². The summed E-state index contributed by atoms with van der Waals surface area (Å²) in [5.74, 6) is -1.39. The summed E-state index contributed by atoms with van der Waals surface area (Å²) >= 11 is 12.1. The van der Waals surface area contributed by atoms with Gasteiger partial charge in [0.15, 0.2) is 0 Å². The van der Waals surface area contributed by atoms with Crippen LogP contribution in [0.2, 0.25) is 5.02 Å². The van der Waals surface area contributed by atoms with Gasteiger partial charge in [-0.25, -0.2) is 8.78 Å². The number of alkyl halides is 1. The molecule has 20 heavy (non-hydrogen) atoms. The summed E-state index contributed by atoms with van der Waals surface area (Å²) < 4.78 is 32.8. The fraction of sp³-hybridized carbons (Fsp3) is 0.200. The van der Waals surface area contributed by atoms with Gasteiger partial charge >= 0.3 is 0 Å². The van der Waals surface area contributed by atoms with Crippen LogP contribution in [-0.4, -0.2) is 7.11 Å². The summed E-state index contributed by atoms with van der Waals surface area (Å²) in [6.07, 6.45) is 0. The van der Waals surface area contributed by atoms with Crippen molar-refractivity contribution in [3.05, 3.63) is 63.7 Å². The minimum Gasteiger partial charge on any atom is -0.497 e. The molecule has 0 aliphatic carbocycles. The lowest BCUT2D eigenvalue weighted by Crippen LogP contribution is -2.02. The molecule has 1 atom stereocenters. The molecule has 0 radical (unpaired) electrons. The van der Waals surface area contributed by atoms with Crippen molar-refractivity contribution in [3.63, 3.8) is 0 Å². The van der Waals surface area contributed by atoms with Crippen molar-refractivity contribution in [2.24, 2.45) is 0 Å². The zero-order chi connectivity index (χ0) is 14.9. The molecule has 106 valence electrons. The molecule has 0 heterocycles. The molecule has 0 N–H and O–H groups in total. The van der Waals surface area contributed by atoms with Crippen molar-refractivity contribution in [1.29, 1.82) is 0 Å². The van der Waals surface area contributed by atoms with Crippen LogP contribution in [0.15, 0.2) is 30.3 Å². The van der Waals surface area contributed by atoms with E-state index in [9.17, 15) is 8.78 Å². The normalized spacial score (nSPS) is 12.3. The van der Waals surface area contributed by atoms with E-state index in [0.29, 0.717) is 10.6 Å². The van der Waals surface area contributed by atoms with Crippen molar-refractivity contribution in [2.75, 3.05) is 7.11 Å². The van der Waals surface area contributed by atoms with E-state index >= 15 is 0 Å². The van der Waals surface area contributed by atoms with E-state index in [4.69, 9.17) is 27.9 Å². The summed E-state index contributed by atoms with van der Waals surface area (Å²) in [5, 5.41) is -0.488. The Morgan fingerprint density at radius 2 is 1.65 bits per heavy atom. The first-order chi connectivity index (χ1) is 9.42. The highest BCUT2D eigenvalue weighted by Gasteiger charge is 2.21. The quantitative estimate of drug-likeness (QED) is 0.701. The van der Waals surface area contributed by atoms with Gasteiger partial charge in [0.25, 0.3) is 0 Å². The molecule has 0 aliphatic rings. The Kier molecular flexibility index (Phi) is 4.51. The maximum Gasteiger partial charge on any atom is 0.134 e. The minimum atomic E-state index is -0.960. The van der Waals surface area contributed by atoms with Crippen molar-refractivity contribution >= 4 is 23.2 Å². The fourth-order valence-electron chi connectivity index (χ4n) is 2.00. The highest BCUT2D eigenvalue weighted by Crippen LogP contribution is 2.35. The molecule has 2 aromatic rings. The number of aryl methyl sites for hydroxylation is 1. The average molecular weight is 317 g/mol. The van der Waals surface area contributed by atoms with Crippen LogP contribution in [0.25, 0.3) is 0 Å². The van der Waals surface area contributed by atoms with Crippen LogP contribution in [0.4, 0.5) is 8.78 Å². The summed E-state index contributed by atoms with van der Waals surface area (Å²) in [7, 11) is 1.34. The number of rotatable bonds is 3. The Labute approximate surface area is 126 Å². The van der Waals surface area contributed by atoms with Crippen LogP contribution < -0.4 is 4.74 Å². The van der Waals surface area contributed by atoms with Crippen LogP contribution in [0, 0.1) is 18.6 Å². The van der Waals surface area contributed by atoms with Crippen LogP contribution in [-0.2, 0) is 0 Å². The summed E-state index contributed by atoms with van der Waals surface area (Å²) in [5.41, 5.74) is 1.20. The lowest BCUT2D eigenvalue weighted by atomic mass is 10.0. The monoisotopic (exact) mass is 316 g/mol. The number of methoxy groups -OCH3 is 1. The standard InChI is InChI=1S/C15H12Cl2F2O/c1-8-3-9(5-10(16)4-8)15(17)14-12(18)6-11(20-2)7-13(14)19/h3-7,15H,1-2H3. The van der Waals surface area contributed by atoms with Crippen molar-refractivity contribution in [3.8, 4) is 5.75 Å². The van der Waals surface area contributed by atoms with Crippen molar-refractivity contribution in [1.82, 2.24) is 0 Å². The Bertz CT molecular complexity index is 601. The van der Waals surface area contributed by atoms with Crippen LogP contribution in [0.1, 0.15) is 22.1 Å². The van der Waals surface area contributed by atoms with Crippen molar-refractivity contribution < 1.29 is 13.5 Å². The molecular weight excluding hydrogens is 305 g/mol. The summed E-state index contributed by atoms with van der Waals surface area (Å²) in [6, 6.07) is 7.29. The molecule has 2 rings (SSSR count). The first-order valence-electron chi connectivity index (χ1n) is 5.86. The van der Waals surface area contributed by atoms with E-state index in [1.54, 1.807) is 18.2 Å². The molecule has 2 aromatic carbocycles. The smallest absolute Gasteiger partial charge is 0.134 e. The number of hydrogen-bond acceptors (Lipinski definition) is 1. The van der Waals surface area contributed by atoms with Crippen LogP contribution >= 0.6 is 23.2 Å². The molecule has 0 aliphatic heterocycles. The molecule has 0 aromatic heterocycles. The van der Waals surface area contributed by atoms with Crippen LogP contribution in [0.5, 0.6) is 5.75 Å². The molecule has 0 spiro atoms. The topological polar surface area (TPSA) is 9.23 Å². The van der Waals surface area contributed by atoms with Gasteiger partial charge < -0.3 is 4.74 Å². The molecule has 1 unspecified atom stereocenters. The second kappa shape index (κ2) is 5.98. The summed E-state index contributed by atoms with van der Waals surface area (Å²) in [6.45, 7) is 1.83. The molecule has 1 nitrogen and oxygen atoms in total. The minimum absolute atomic E-state index is 0.106. The lowest BCUT2D eigenvalue weighted by molar-refractivity contribution is 0.405. The highest BCUT2D eigenvalue weighted by atomic mass is 35.5. The molecule has 0 saturated carbocycles. The molecule has 0 bridgehead atoms. The fourth-order valence-corrected chi connectivity index (χ4v) is 2.63. The van der Waals surface area contributed by atoms with E-state index in [-0.39, 0.29) is 11.3 Å².